The molecule has 0 fully saturated rings. The third-order valence-corrected chi connectivity index (χ3v) is 2.92. The van der Waals surface area contributed by atoms with E-state index in [1.807, 2.05) is 0 Å². The second-order valence-corrected chi connectivity index (χ2v) is 4.41. The fourth-order valence-corrected chi connectivity index (χ4v) is 1.87. The van der Waals surface area contributed by atoms with Gasteiger partial charge >= 0.3 is 6.09 Å². The molecule has 2 rings (SSSR count). The Hall–Kier alpha value is -3.29. The lowest BCUT2D eigenvalue weighted by atomic mass is 10.2. The van der Waals surface area contributed by atoms with Crippen molar-refractivity contribution in [1.29, 1.82) is 0 Å². The first kappa shape index (κ1) is 17.1. The Morgan fingerprint density at radius 2 is 1.83 bits per heavy atom. The average molecular weight is 331 g/mol. The average Bonchev–Trinajstić information content (AvgIpc) is 2.61. The number of hydrogen-bond acceptors (Lipinski definition) is 7. The molecule has 0 atom stereocenters. The topological polar surface area (TPSA) is 91.3 Å². The number of hydrogen-bond donors (Lipinski definition) is 1. The Morgan fingerprint density at radius 3 is 2.38 bits per heavy atom. The second kappa shape index (κ2) is 8.37. The van der Waals surface area contributed by atoms with Crippen LogP contribution in [0.4, 0.5) is 10.5 Å². The van der Waals surface area contributed by atoms with E-state index in [0.29, 0.717) is 28.6 Å². The lowest BCUT2D eigenvalue weighted by Gasteiger charge is -2.14. The largest absolute Gasteiger partial charge is 0.493 e. The third-order valence-electron chi connectivity index (χ3n) is 2.92. The van der Waals surface area contributed by atoms with E-state index >= 15 is 0 Å². The van der Waals surface area contributed by atoms with Crippen molar-refractivity contribution in [3.63, 3.8) is 0 Å². The lowest BCUT2D eigenvalue weighted by molar-refractivity contribution is 0.167. The van der Waals surface area contributed by atoms with Crippen molar-refractivity contribution in [3.05, 3.63) is 42.2 Å². The van der Waals surface area contributed by atoms with Crippen LogP contribution in [0.1, 0.15) is 5.69 Å². The number of oxime groups is 1. The van der Waals surface area contributed by atoms with Crippen LogP contribution in [0.25, 0.3) is 0 Å². The fraction of sp³-hybridized carbons (Fsp3) is 0.188. The summed E-state index contributed by atoms with van der Waals surface area (Å²) in [4.78, 5) is 20.5. The number of anilines is 1. The van der Waals surface area contributed by atoms with Gasteiger partial charge in [0.15, 0.2) is 11.5 Å². The summed E-state index contributed by atoms with van der Waals surface area (Å²) in [6, 6.07) is 8.44. The standard InChI is InChI=1S/C16H17N3O5/c1-21-13-8-12(9-14(22-2)15(13)23-3)19-16(20)24-18-10-11-6-4-5-7-17-11/h4-10H,1-3H3,(H,19,20)/b18-10+. The Bertz CT molecular complexity index is 694. The maximum atomic E-state index is 11.8. The molecule has 0 saturated heterocycles. The van der Waals surface area contributed by atoms with Crippen LogP contribution in [-0.4, -0.2) is 38.6 Å². The Balaban J connectivity index is 2.04. The van der Waals surface area contributed by atoms with Gasteiger partial charge in [-0.3, -0.25) is 15.1 Å². The number of nitrogens with one attached hydrogen (secondary N) is 1. The van der Waals surface area contributed by atoms with Crippen LogP contribution >= 0.6 is 0 Å². The van der Waals surface area contributed by atoms with Gasteiger partial charge in [-0.25, -0.2) is 4.79 Å². The second-order valence-electron chi connectivity index (χ2n) is 4.41. The van der Waals surface area contributed by atoms with E-state index < -0.39 is 6.09 Å². The van der Waals surface area contributed by atoms with E-state index in [1.165, 1.54) is 27.5 Å². The molecule has 0 bridgehead atoms. The molecule has 1 amide bonds. The minimum atomic E-state index is -0.767. The molecule has 24 heavy (non-hydrogen) atoms. The zero-order valence-corrected chi connectivity index (χ0v) is 13.5. The first-order valence-electron chi connectivity index (χ1n) is 6.90. The number of amides is 1. The molecule has 1 aromatic carbocycles. The van der Waals surface area contributed by atoms with Crippen molar-refractivity contribution in [2.45, 2.75) is 0 Å². The molecule has 0 saturated carbocycles. The summed E-state index contributed by atoms with van der Waals surface area (Å²) in [6.07, 6.45) is 2.17. The minimum Gasteiger partial charge on any atom is -0.493 e. The predicted molar refractivity (Wildman–Crippen MR) is 88.0 cm³/mol. The molecule has 0 radical (unpaired) electrons. The Morgan fingerprint density at radius 1 is 1.12 bits per heavy atom. The summed E-state index contributed by atoms with van der Waals surface area (Å²) < 4.78 is 15.6. The van der Waals surface area contributed by atoms with Gasteiger partial charge in [-0.2, -0.15) is 0 Å². The Kier molecular flexibility index (Phi) is 5.95. The van der Waals surface area contributed by atoms with Crippen LogP contribution in [0.2, 0.25) is 0 Å². The molecule has 126 valence electrons. The van der Waals surface area contributed by atoms with Gasteiger partial charge in [0.25, 0.3) is 0 Å². The number of ether oxygens (including phenoxy) is 3. The summed E-state index contributed by atoms with van der Waals surface area (Å²) in [7, 11) is 4.46. The minimum absolute atomic E-state index is 0.405. The molecule has 0 unspecified atom stereocenters. The number of pyridine rings is 1. The predicted octanol–water partition coefficient (Wildman–Crippen LogP) is 2.69. The first-order chi connectivity index (χ1) is 11.7. The van der Waals surface area contributed by atoms with Crippen LogP contribution in [0, 0.1) is 0 Å². The van der Waals surface area contributed by atoms with Crippen LogP contribution in [0.15, 0.2) is 41.7 Å². The van der Waals surface area contributed by atoms with E-state index in [4.69, 9.17) is 19.0 Å². The van der Waals surface area contributed by atoms with E-state index in [1.54, 1.807) is 36.5 Å². The zero-order valence-electron chi connectivity index (χ0n) is 13.5. The molecule has 1 N–H and O–H groups in total. The molecule has 2 aromatic rings. The van der Waals surface area contributed by atoms with E-state index in [-0.39, 0.29) is 0 Å². The van der Waals surface area contributed by atoms with Gasteiger partial charge in [0.1, 0.15) is 0 Å². The molecule has 8 nitrogen and oxygen atoms in total. The van der Waals surface area contributed by atoms with Crippen molar-refractivity contribution >= 4 is 18.0 Å². The van der Waals surface area contributed by atoms with Crippen molar-refractivity contribution in [2.75, 3.05) is 26.6 Å². The molecule has 0 spiro atoms. The van der Waals surface area contributed by atoms with Crippen molar-refractivity contribution in [1.82, 2.24) is 4.98 Å². The van der Waals surface area contributed by atoms with Gasteiger partial charge in [0.05, 0.1) is 38.9 Å². The van der Waals surface area contributed by atoms with Crippen LogP contribution in [0.5, 0.6) is 17.2 Å². The third kappa shape index (κ3) is 4.35. The van der Waals surface area contributed by atoms with Crippen molar-refractivity contribution in [3.8, 4) is 17.2 Å². The van der Waals surface area contributed by atoms with Gasteiger partial charge < -0.3 is 14.2 Å². The smallest absolute Gasteiger partial charge is 0.437 e. The van der Waals surface area contributed by atoms with Gasteiger partial charge in [0.2, 0.25) is 5.75 Å². The normalized spacial score (nSPS) is 10.3. The maximum absolute atomic E-state index is 11.8. The number of aromatic nitrogens is 1. The highest BCUT2D eigenvalue weighted by Gasteiger charge is 2.14. The highest BCUT2D eigenvalue weighted by molar-refractivity contribution is 5.86. The number of carbonyl (C=O) groups excluding carboxylic acids is 1. The molecule has 1 aromatic heterocycles. The van der Waals surface area contributed by atoms with Gasteiger partial charge in [-0.1, -0.05) is 11.2 Å². The van der Waals surface area contributed by atoms with Gasteiger partial charge in [-0.05, 0) is 12.1 Å². The molecule has 8 heteroatoms. The van der Waals surface area contributed by atoms with Crippen LogP contribution in [-0.2, 0) is 4.84 Å². The lowest BCUT2D eigenvalue weighted by Crippen LogP contribution is -2.11. The maximum Gasteiger partial charge on any atom is 0.437 e. The summed E-state index contributed by atoms with van der Waals surface area (Å²) in [6.45, 7) is 0. The number of methoxy groups -OCH3 is 3. The van der Waals surface area contributed by atoms with Crippen molar-refractivity contribution in [2.24, 2.45) is 5.16 Å². The molecule has 0 aliphatic heterocycles. The highest BCUT2D eigenvalue weighted by atomic mass is 16.7. The molecule has 0 aliphatic rings. The number of nitrogens with zero attached hydrogens (tertiary/aromatic N) is 2. The first-order valence-corrected chi connectivity index (χ1v) is 6.90. The van der Waals surface area contributed by atoms with Crippen LogP contribution < -0.4 is 19.5 Å². The van der Waals surface area contributed by atoms with E-state index in [0.717, 1.165) is 0 Å². The highest BCUT2D eigenvalue weighted by Crippen LogP contribution is 2.39. The molecule has 0 aliphatic carbocycles. The monoisotopic (exact) mass is 331 g/mol. The van der Waals surface area contributed by atoms with E-state index in [9.17, 15) is 4.79 Å². The molecular weight excluding hydrogens is 314 g/mol. The van der Waals surface area contributed by atoms with E-state index in [2.05, 4.69) is 15.5 Å². The molecule has 1 heterocycles. The van der Waals surface area contributed by atoms with Gasteiger partial charge in [-0.15, -0.1) is 0 Å². The van der Waals surface area contributed by atoms with Crippen molar-refractivity contribution < 1.29 is 23.8 Å². The number of rotatable bonds is 6. The van der Waals surface area contributed by atoms with Crippen LogP contribution in [0.3, 0.4) is 0 Å². The fourth-order valence-electron chi connectivity index (χ4n) is 1.87. The molecular formula is C16H17N3O5. The number of benzene rings is 1. The number of carbonyl (C=O) groups is 1. The zero-order chi connectivity index (χ0) is 17.4. The van der Waals surface area contributed by atoms with Gasteiger partial charge in [0, 0.05) is 18.3 Å². The SMILES string of the molecule is COc1cc(NC(=O)O/N=C/c2ccccn2)cc(OC)c1OC. The summed E-state index contributed by atoms with van der Waals surface area (Å²) in [5.74, 6) is 1.24. The summed E-state index contributed by atoms with van der Waals surface area (Å²) in [5.41, 5.74) is 0.973. The quantitative estimate of drug-likeness (QED) is 0.497. The summed E-state index contributed by atoms with van der Waals surface area (Å²) >= 11 is 0. The Labute approximate surface area is 139 Å². The summed E-state index contributed by atoms with van der Waals surface area (Å²) in [5, 5.41) is 6.09.